The predicted molar refractivity (Wildman–Crippen MR) is 115 cm³/mol. The van der Waals surface area contributed by atoms with Crippen molar-refractivity contribution < 1.29 is 43.3 Å². The Morgan fingerprint density at radius 2 is 1.81 bits per heavy atom. The summed E-state index contributed by atoms with van der Waals surface area (Å²) in [6, 6.07) is 0. The average molecular weight is 477 g/mol. The maximum Gasteiger partial charge on any atom is 0.303 e. The molecule has 1 heterocycles. The summed E-state index contributed by atoms with van der Waals surface area (Å²) in [6.07, 6.45) is -1.43. The van der Waals surface area contributed by atoms with Crippen molar-refractivity contribution in [2.24, 2.45) is 5.41 Å². The van der Waals surface area contributed by atoms with E-state index in [4.69, 9.17) is 19.3 Å². The van der Waals surface area contributed by atoms with Gasteiger partial charge in [0.2, 0.25) is 11.8 Å². The molecule has 182 valence electrons. The van der Waals surface area contributed by atoms with Crippen molar-refractivity contribution in [3.63, 3.8) is 0 Å². The van der Waals surface area contributed by atoms with E-state index >= 15 is 0 Å². The highest BCUT2D eigenvalue weighted by molar-refractivity contribution is 8.13. The number of nitrogens with one attached hydrogen (secondary N) is 2. The van der Waals surface area contributed by atoms with Crippen molar-refractivity contribution in [3.05, 3.63) is 0 Å². The highest BCUT2D eigenvalue weighted by atomic mass is 32.2. The Balaban J connectivity index is 2.45. The van der Waals surface area contributed by atoms with Gasteiger partial charge in [-0.25, -0.2) is 0 Å². The number of thioether (sulfide) groups is 1. The lowest BCUT2D eigenvalue weighted by Crippen LogP contribution is -2.59. The van der Waals surface area contributed by atoms with Crippen LogP contribution in [0.25, 0.3) is 0 Å². The molecule has 3 N–H and O–H groups in total. The van der Waals surface area contributed by atoms with E-state index in [0.717, 1.165) is 11.8 Å². The van der Waals surface area contributed by atoms with Crippen molar-refractivity contribution >= 4 is 40.4 Å². The molecule has 1 saturated heterocycles. The lowest BCUT2D eigenvalue weighted by Gasteiger charge is -2.46. The van der Waals surface area contributed by atoms with E-state index in [0.29, 0.717) is 5.75 Å². The third kappa shape index (κ3) is 9.63. The smallest absolute Gasteiger partial charge is 0.303 e. The highest BCUT2D eigenvalue weighted by Crippen LogP contribution is 2.38. The lowest BCUT2D eigenvalue weighted by molar-refractivity contribution is -0.425. The van der Waals surface area contributed by atoms with E-state index in [9.17, 15) is 24.0 Å². The summed E-state index contributed by atoms with van der Waals surface area (Å²) in [5.41, 5.74) is -0.707. The molecule has 1 rings (SSSR count). The first-order chi connectivity index (χ1) is 14.9. The number of carboxylic acids is 1. The first kappa shape index (κ1) is 28.0. The number of carbonyl (C=O) groups excluding carboxylic acids is 4. The van der Waals surface area contributed by atoms with E-state index in [1.807, 2.05) is 0 Å². The number of carboxylic acid groups (broad SMARTS) is 1. The summed E-state index contributed by atoms with van der Waals surface area (Å²) >= 11 is 0.980. The third-order valence-electron chi connectivity index (χ3n) is 4.60. The Kier molecular flexibility index (Phi) is 11.3. The predicted octanol–water partition coefficient (Wildman–Crippen LogP) is 0.454. The van der Waals surface area contributed by atoms with Gasteiger partial charge in [0.25, 0.3) is 5.97 Å². The maximum absolute atomic E-state index is 12.7. The molecular formula is C20H32N2O9S. The summed E-state index contributed by atoms with van der Waals surface area (Å²) < 4.78 is 16.6. The molecular weight excluding hydrogens is 444 g/mol. The van der Waals surface area contributed by atoms with Gasteiger partial charge in [0.1, 0.15) is 11.9 Å². The second kappa shape index (κ2) is 12.9. The molecule has 0 radical (unpaired) electrons. The second-order valence-electron chi connectivity index (χ2n) is 8.05. The van der Waals surface area contributed by atoms with Gasteiger partial charge >= 0.3 is 5.97 Å². The van der Waals surface area contributed by atoms with E-state index in [1.54, 1.807) is 13.8 Å². The topological polar surface area (TPSA) is 157 Å². The standard InChI is InChI=1S/C20H32N2O9S/c1-13(23)11-16(27)32-10-9-21-14(24)6-8-22-18(28)17-19(2,3)12-30-20(29-4,31-17)7-5-15(25)26/h17H,5-12H2,1-4H3,(H,21,24)(H,22,28)(H,25,26)/t17-,20?/m0/s1. The van der Waals surface area contributed by atoms with Gasteiger partial charge in [0.05, 0.1) is 19.4 Å². The average Bonchev–Trinajstić information content (AvgIpc) is 2.70. The zero-order valence-corrected chi connectivity index (χ0v) is 19.7. The molecule has 2 atom stereocenters. The SMILES string of the molecule is COC1(CCC(=O)O)OCC(C)(C)[C@H](C(=O)NCCC(=O)NCCSC(=O)CC(C)=O)O1. The highest BCUT2D eigenvalue weighted by Gasteiger charge is 2.50. The van der Waals surface area contributed by atoms with Gasteiger partial charge in [-0.3, -0.25) is 24.0 Å². The van der Waals surface area contributed by atoms with Gasteiger partial charge in [-0.05, 0) is 6.92 Å². The Morgan fingerprint density at radius 1 is 1.12 bits per heavy atom. The number of hydrogen-bond acceptors (Lipinski definition) is 9. The molecule has 1 aliphatic heterocycles. The molecule has 0 spiro atoms. The summed E-state index contributed by atoms with van der Waals surface area (Å²) in [7, 11) is 1.31. The van der Waals surface area contributed by atoms with Crippen LogP contribution in [0.5, 0.6) is 0 Å². The minimum atomic E-state index is -1.63. The monoisotopic (exact) mass is 476 g/mol. The van der Waals surface area contributed by atoms with Gasteiger partial charge in [-0.15, -0.1) is 0 Å². The van der Waals surface area contributed by atoms with Crippen molar-refractivity contribution in [1.82, 2.24) is 10.6 Å². The second-order valence-corrected chi connectivity index (χ2v) is 9.20. The normalized spacial score (nSPS) is 22.1. The zero-order chi connectivity index (χ0) is 24.4. The van der Waals surface area contributed by atoms with Crippen molar-refractivity contribution in [3.8, 4) is 0 Å². The first-order valence-corrected chi connectivity index (χ1v) is 11.2. The molecule has 11 nitrogen and oxygen atoms in total. The molecule has 0 aromatic carbocycles. The zero-order valence-electron chi connectivity index (χ0n) is 18.9. The number of amides is 2. The number of rotatable bonds is 13. The van der Waals surface area contributed by atoms with Crippen LogP contribution in [-0.4, -0.2) is 78.4 Å². The molecule has 0 aromatic heterocycles. The molecule has 0 aliphatic carbocycles. The van der Waals surface area contributed by atoms with E-state index < -0.39 is 29.4 Å². The van der Waals surface area contributed by atoms with Gasteiger partial charge in [0, 0.05) is 44.2 Å². The van der Waals surface area contributed by atoms with Crippen LogP contribution >= 0.6 is 11.8 Å². The van der Waals surface area contributed by atoms with Crippen molar-refractivity contribution in [1.29, 1.82) is 0 Å². The van der Waals surface area contributed by atoms with Crippen LogP contribution in [0.15, 0.2) is 0 Å². The first-order valence-electron chi connectivity index (χ1n) is 10.2. The van der Waals surface area contributed by atoms with Crippen LogP contribution in [-0.2, 0) is 38.2 Å². The Labute approximate surface area is 191 Å². The van der Waals surface area contributed by atoms with Crippen LogP contribution < -0.4 is 10.6 Å². The number of carbonyl (C=O) groups is 5. The van der Waals surface area contributed by atoms with E-state index in [2.05, 4.69) is 10.6 Å². The minimum absolute atomic E-state index is 0.0237. The lowest BCUT2D eigenvalue weighted by atomic mass is 9.85. The van der Waals surface area contributed by atoms with E-state index in [-0.39, 0.29) is 62.2 Å². The van der Waals surface area contributed by atoms with Gasteiger partial charge in [0.15, 0.2) is 5.12 Å². The van der Waals surface area contributed by atoms with Crippen LogP contribution in [0.2, 0.25) is 0 Å². The van der Waals surface area contributed by atoms with Gasteiger partial charge in [-0.2, -0.15) is 0 Å². The molecule has 0 aromatic rings. The third-order valence-corrected chi connectivity index (χ3v) is 5.47. The minimum Gasteiger partial charge on any atom is -0.481 e. The molecule has 0 saturated carbocycles. The van der Waals surface area contributed by atoms with Crippen molar-refractivity contribution in [2.45, 2.75) is 58.5 Å². The number of ether oxygens (including phenoxy) is 3. The summed E-state index contributed by atoms with van der Waals surface area (Å²) in [4.78, 5) is 57.8. The molecule has 0 bridgehead atoms. The maximum atomic E-state index is 12.7. The van der Waals surface area contributed by atoms with Crippen LogP contribution in [0.3, 0.4) is 0 Å². The fourth-order valence-electron chi connectivity index (χ4n) is 2.84. The Hall–Kier alpha value is -2.02. The van der Waals surface area contributed by atoms with Crippen LogP contribution in [0, 0.1) is 5.41 Å². The molecule has 1 unspecified atom stereocenters. The van der Waals surface area contributed by atoms with Gasteiger partial charge < -0.3 is 30.0 Å². The number of Topliss-reactive ketones (excluding diaryl/α,β-unsaturated/α-hetero) is 1. The molecule has 12 heteroatoms. The quantitative estimate of drug-likeness (QED) is 0.252. The van der Waals surface area contributed by atoms with Crippen LogP contribution in [0.4, 0.5) is 0 Å². The molecule has 1 aliphatic rings. The number of ketones is 1. The largest absolute Gasteiger partial charge is 0.481 e. The summed E-state index contributed by atoms with van der Waals surface area (Å²) in [5.74, 6) is -3.30. The Morgan fingerprint density at radius 3 is 2.41 bits per heavy atom. The fourth-order valence-corrected chi connectivity index (χ4v) is 3.58. The molecule has 2 amide bonds. The fraction of sp³-hybridized carbons (Fsp3) is 0.750. The summed E-state index contributed by atoms with van der Waals surface area (Å²) in [6.45, 7) is 5.31. The van der Waals surface area contributed by atoms with Crippen molar-refractivity contribution in [2.75, 3.05) is 32.6 Å². The number of aliphatic carboxylic acids is 1. The Bertz CT molecular complexity index is 713. The molecule has 1 fully saturated rings. The molecule has 32 heavy (non-hydrogen) atoms. The summed E-state index contributed by atoms with van der Waals surface area (Å²) in [5, 5.41) is 14.0. The number of hydrogen-bond donors (Lipinski definition) is 3. The number of methoxy groups -OCH3 is 1. The van der Waals surface area contributed by atoms with E-state index in [1.165, 1.54) is 14.0 Å². The van der Waals surface area contributed by atoms with Crippen LogP contribution in [0.1, 0.15) is 46.5 Å². The van der Waals surface area contributed by atoms with Gasteiger partial charge in [-0.1, -0.05) is 25.6 Å².